The van der Waals surface area contributed by atoms with E-state index in [4.69, 9.17) is 0 Å². The molecule has 0 N–H and O–H groups in total. The molecule has 0 unspecified atom stereocenters. The minimum Gasteiger partial charge on any atom is -0.274 e. The van der Waals surface area contributed by atoms with Crippen LogP contribution in [0.25, 0.3) is 0 Å². The molecule has 3 aliphatic rings. The largest absolute Gasteiger partial charge is 0.274 e. The maximum Gasteiger partial charge on any atom is 0.238 e. The Labute approximate surface area is 116 Å². The van der Waals surface area contributed by atoms with Crippen molar-refractivity contribution in [1.29, 1.82) is 0 Å². The second kappa shape index (κ2) is 3.78. The smallest absolute Gasteiger partial charge is 0.238 e. The molecular formula is C16H14FNO2. The van der Waals surface area contributed by atoms with Crippen LogP contribution in [0.15, 0.2) is 30.4 Å². The van der Waals surface area contributed by atoms with Crippen LogP contribution in [0.2, 0.25) is 0 Å². The Hall–Kier alpha value is -1.97. The Morgan fingerprint density at radius 2 is 1.70 bits per heavy atom. The maximum atomic E-state index is 13.2. The van der Waals surface area contributed by atoms with Gasteiger partial charge in [0.15, 0.2) is 0 Å². The zero-order valence-corrected chi connectivity index (χ0v) is 11.0. The van der Waals surface area contributed by atoms with Gasteiger partial charge in [-0.25, -0.2) is 9.29 Å². The third-order valence-electron chi connectivity index (χ3n) is 4.87. The van der Waals surface area contributed by atoms with E-state index in [1.54, 1.807) is 6.92 Å². The van der Waals surface area contributed by atoms with Crippen molar-refractivity contribution in [2.24, 2.45) is 23.7 Å². The summed E-state index contributed by atoms with van der Waals surface area (Å²) in [6, 6.07) is 4.18. The molecule has 4 atom stereocenters. The van der Waals surface area contributed by atoms with Crippen LogP contribution in [0.1, 0.15) is 12.0 Å². The molecule has 102 valence electrons. The summed E-state index contributed by atoms with van der Waals surface area (Å²) in [5.41, 5.74) is 1.14. The fourth-order valence-electron chi connectivity index (χ4n) is 4.01. The standard InChI is InChI=1S/C16H14FNO2/c1-8-6-11(17)4-5-12(8)18-15(19)13-9-2-3-10(7-9)14(13)16(18)20/h2-6,9-10,13-14H,7H2,1H3/t9-,10+,13-,14-/m0/s1. The predicted octanol–water partition coefficient (Wildman–Crippen LogP) is 2.45. The normalized spacial score (nSPS) is 34.2. The van der Waals surface area contributed by atoms with Gasteiger partial charge in [-0.1, -0.05) is 12.2 Å². The van der Waals surface area contributed by atoms with E-state index in [-0.39, 0.29) is 41.3 Å². The second-order valence-electron chi connectivity index (χ2n) is 5.94. The molecule has 0 radical (unpaired) electrons. The molecule has 1 saturated heterocycles. The van der Waals surface area contributed by atoms with Crippen molar-refractivity contribution in [1.82, 2.24) is 0 Å². The van der Waals surface area contributed by atoms with E-state index in [0.717, 1.165) is 6.42 Å². The van der Waals surface area contributed by atoms with Crippen LogP contribution in [0.3, 0.4) is 0 Å². The van der Waals surface area contributed by atoms with Gasteiger partial charge in [-0.05, 0) is 48.9 Å². The van der Waals surface area contributed by atoms with E-state index in [1.165, 1.54) is 23.1 Å². The number of fused-ring (bicyclic) bond motifs is 5. The first-order valence-corrected chi connectivity index (χ1v) is 6.90. The molecule has 4 rings (SSSR count). The lowest BCUT2D eigenvalue weighted by Gasteiger charge is -2.19. The number of amides is 2. The highest BCUT2D eigenvalue weighted by Gasteiger charge is 2.59. The van der Waals surface area contributed by atoms with E-state index in [0.29, 0.717) is 11.3 Å². The first-order valence-electron chi connectivity index (χ1n) is 6.90. The minimum absolute atomic E-state index is 0.119. The average molecular weight is 271 g/mol. The van der Waals surface area contributed by atoms with Gasteiger partial charge >= 0.3 is 0 Å². The lowest BCUT2D eigenvalue weighted by Crippen LogP contribution is -2.33. The van der Waals surface area contributed by atoms with Gasteiger partial charge in [0.05, 0.1) is 17.5 Å². The average Bonchev–Trinajstić information content (AvgIpc) is 3.06. The van der Waals surface area contributed by atoms with Crippen molar-refractivity contribution in [3.63, 3.8) is 0 Å². The van der Waals surface area contributed by atoms with Crippen LogP contribution in [0.4, 0.5) is 10.1 Å². The van der Waals surface area contributed by atoms with E-state index in [2.05, 4.69) is 12.2 Å². The molecule has 1 aliphatic heterocycles. The van der Waals surface area contributed by atoms with Crippen LogP contribution in [-0.2, 0) is 9.59 Å². The molecule has 0 spiro atoms. The molecule has 2 amide bonds. The maximum absolute atomic E-state index is 13.2. The van der Waals surface area contributed by atoms with Crippen molar-refractivity contribution in [2.45, 2.75) is 13.3 Å². The highest BCUT2D eigenvalue weighted by atomic mass is 19.1. The third-order valence-corrected chi connectivity index (χ3v) is 4.87. The molecule has 3 nitrogen and oxygen atoms in total. The van der Waals surface area contributed by atoms with Crippen molar-refractivity contribution in [2.75, 3.05) is 4.90 Å². The zero-order valence-electron chi connectivity index (χ0n) is 11.0. The Bertz CT molecular complexity index is 636. The Morgan fingerprint density at radius 1 is 1.10 bits per heavy atom. The van der Waals surface area contributed by atoms with Crippen LogP contribution in [0, 0.1) is 36.4 Å². The van der Waals surface area contributed by atoms with Gasteiger partial charge in [0, 0.05) is 0 Å². The highest BCUT2D eigenvalue weighted by Crippen LogP contribution is 2.53. The Kier molecular flexibility index (Phi) is 2.23. The number of hydrogen-bond acceptors (Lipinski definition) is 2. The topological polar surface area (TPSA) is 37.4 Å². The number of nitrogens with zero attached hydrogens (tertiary/aromatic N) is 1. The number of hydrogen-bond donors (Lipinski definition) is 0. The molecule has 4 heteroatoms. The Morgan fingerprint density at radius 3 is 2.25 bits per heavy atom. The molecule has 0 aromatic heterocycles. The third kappa shape index (κ3) is 1.34. The van der Waals surface area contributed by atoms with Gasteiger partial charge in [-0.15, -0.1) is 0 Å². The minimum atomic E-state index is -0.354. The van der Waals surface area contributed by atoms with Gasteiger partial charge in [-0.3, -0.25) is 9.59 Å². The highest BCUT2D eigenvalue weighted by molar-refractivity contribution is 6.23. The van der Waals surface area contributed by atoms with Crippen LogP contribution < -0.4 is 4.90 Å². The SMILES string of the molecule is Cc1cc(F)ccc1N1C(=O)[C@@H]2[C@@H](C1=O)[C@H]1C=C[C@@H]2C1. The summed E-state index contributed by atoms with van der Waals surface area (Å²) in [5, 5.41) is 0. The summed E-state index contributed by atoms with van der Waals surface area (Å²) in [6.45, 7) is 1.72. The van der Waals surface area contributed by atoms with Crippen LogP contribution in [-0.4, -0.2) is 11.8 Å². The van der Waals surface area contributed by atoms with Crippen LogP contribution >= 0.6 is 0 Å². The van der Waals surface area contributed by atoms with Gasteiger partial charge < -0.3 is 0 Å². The summed E-state index contributed by atoms with van der Waals surface area (Å²) < 4.78 is 13.2. The first-order chi connectivity index (χ1) is 9.58. The van der Waals surface area contributed by atoms with E-state index >= 15 is 0 Å². The van der Waals surface area contributed by atoms with Gasteiger partial charge in [0.25, 0.3) is 0 Å². The summed E-state index contributed by atoms with van der Waals surface area (Å²) in [5.74, 6) is -0.603. The zero-order chi connectivity index (χ0) is 14.0. The summed E-state index contributed by atoms with van der Waals surface area (Å²) >= 11 is 0. The molecule has 2 aliphatic carbocycles. The van der Waals surface area contributed by atoms with Crippen molar-refractivity contribution in [3.05, 3.63) is 41.7 Å². The number of anilines is 1. The summed E-state index contributed by atoms with van der Waals surface area (Å²) in [6.07, 6.45) is 5.05. The fraction of sp³-hybridized carbons (Fsp3) is 0.375. The summed E-state index contributed by atoms with van der Waals surface area (Å²) in [7, 11) is 0. The predicted molar refractivity (Wildman–Crippen MR) is 71.3 cm³/mol. The molecule has 2 fully saturated rings. The lowest BCUT2D eigenvalue weighted by molar-refractivity contribution is -0.123. The number of carbonyl (C=O) groups is 2. The number of halogens is 1. The van der Waals surface area contributed by atoms with Gasteiger partial charge in [0.1, 0.15) is 5.82 Å². The summed E-state index contributed by atoms with van der Waals surface area (Å²) in [4.78, 5) is 26.5. The Balaban J connectivity index is 1.78. The van der Waals surface area contributed by atoms with Crippen molar-refractivity contribution in [3.8, 4) is 0 Å². The molecule has 20 heavy (non-hydrogen) atoms. The first kappa shape index (κ1) is 11.8. The van der Waals surface area contributed by atoms with Gasteiger partial charge in [0.2, 0.25) is 11.8 Å². The lowest BCUT2D eigenvalue weighted by atomic mass is 9.85. The number of benzene rings is 1. The number of allylic oxidation sites excluding steroid dienone is 2. The number of imide groups is 1. The quantitative estimate of drug-likeness (QED) is 0.581. The molecule has 2 bridgehead atoms. The second-order valence-corrected chi connectivity index (χ2v) is 5.94. The van der Waals surface area contributed by atoms with Crippen molar-refractivity contribution < 1.29 is 14.0 Å². The number of carbonyl (C=O) groups excluding carboxylic acids is 2. The molecular weight excluding hydrogens is 257 g/mol. The number of aryl methyl sites for hydroxylation is 1. The van der Waals surface area contributed by atoms with Gasteiger partial charge in [-0.2, -0.15) is 0 Å². The van der Waals surface area contributed by atoms with E-state index in [1.807, 2.05) is 0 Å². The molecule has 1 aromatic rings. The van der Waals surface area contributed by atoms with Crippen molar-refractivity contribution >= 4 is 17.5 Å². The van der Waals surface area contributed by atoms with E-state index < -0.39 is 0 Å². The molecule has 1 heterocycles. The number of rotatable bonds is 1. The van der Waals surface area contributed by atoms with E-state index in [9.17, 15) is 14.0 Å². The monoisotopic (exact) mass is 271 g/mol. The fourth-order valence-corrected chi connectivity index (χ4v) is 4.01. The van der Waals surface area contributed by atoms with Crippen LogP contribution in [0.5, 0.6) is 0 Å². The molecule has 1 saturated carbocycles. The molecule has 1 aromatic carbocycles.